The molecule has 0 saturated heterocycles. The predicted octanol–water partition coefficient (Wildman–Crippen LogP) is 7.95. The molecule has 6 heteroatoms. The normalized spacial score (nSPS) is 11.8. The number of anilines is 1. The summed E-state index contributed by atoms with van der Waals surface area (Å²) in [6, 6.07) is 38.1. The van der Waals surface area contributed by atoms with Crippen LogP contribution < -0.4 is 10.6 Å². The van der Waals surface area contributed by atoms with E-state index in [1.807, 2.05) is 85.8 Å². The van der Waals surface area contributed by atoms with Crippen molar-refractivity contribution in [2.24, 2.45) is 0 Å². The number of hydrogen-bond acceptors (Lipinski definition) is 4. The number of benzene rings is 5. The molecule has 5 nitrogen and oxygen atoms in total. The molecular weight excluding hydrogens is 564 g/mol. The topological polar surface area (TPSA) is 75.3 Å². The summed E-state index contributed by atoms with van der Waals surface area (Å²) in [5.41, 5.74) is 8.62. The molecule has 44 heavy (non-hydrogen) atoms. The second kappa shape index (κ2) is 13.0. The van der Waals surface area contributed by atoms with E-state index >= 15 is 0 Å². The molecule has 0 unspecified atom stereocenters. The molecule has 0 spiro atoms. The molecule has 0 fully saturated rings. The average Bonchev–Trinajstić information content (AvgIpc) is 3.43. The van der Waals surface area contributed by atoms with Crippen molar-refractivity contribution in [1.29, 1.82) is 0 Å². The molecule has 216 valence electrons. The van der Waals surface area contributed by atoms with Gasteiger partial charge in [0.1, 0.15) is 5.70 Å². The van der Waals surface area contributed by atoms with Crippen molar-refractivity contribution >= 4 is 41.1 Å². The van der Waals surface area contributed by atoms with E-state index in [1.165, 1.54) is 34.0 Å². The number of nitrogens with one attached hydrogen (secondary N) is 2. The van der Waals surface area contributed by atoms with Crippen LogP contribution in [0.3, 0.4) is 0 Å². The SMILES string of the molecule is Cc1ccc(/C=C(\NC(=O)c2ccccc2)C(=O)Nc2cccc(SCC(=O)c3ccc4c(c3)Cc3ccccc3-4)c2)cc1. The highest BCUT2D eigenvalue weighted by Gasteiger charge is 2.20. The Morgan fingerprint density at radius 1 is 0.727 bits per heavy atom. The Morgan fingerprint density at radius 2 is 1.48 bits per heavy atom. The minimum absolute atomic E-state index is 0.0511. The zero-order valence-electron chi connectivity index (χ0n) is 24.2. The van der Waals surface area contributed by atoms with Gasteiger partial charge >= 0.3 is 0 Å². The summed E-state index contributed by atoms with van der Waals surface area (Å²) in [5, 5.41) is 5.68. The fourth-order valence-corrected chi connectivity index (χ4v) is 6.03. The van der Waals surface area contributed by atoms with Gasteiger partial charge in [-0.15, -0.1) is 11.8 Å². The quantitative estimate of drug-likeness (QED) is 0.101. The highest BCUT2D eigenvalue weighted by Crippen LogP contribution is 2.37. The Kier molecular flexibility index (Phi) is 8.52. The molecule has 1 aliphatic carbocycles. The smallest absolute Gasteiger partial charge is 0.272 e. The molecule has 0 atom stereocenters. The molecule has 0 aromatic heterocycles. The minimum atomic E-state index is -0.452. The van der Waals surface area contributed by atoms with Crippen LogP contribution in [-0.2, 0) is 11.2 Å². The largest absolute Gasteiger partial charge is 0.321 e. The van der Waals surface area contributed by atoms with Gasteiger partial charge in [0.25, 0.3) is 11.8 Å². The van der Waals surface area contributed by atoms with Crippen LogP contribution in [0.2, 0.25) is 0 Å². The number of Topliss-reactive ketones (excluding diaryl/α,β-unsaturated/α-hetero) is 1. The van der Waals surface area contributed by atoms with Crippen LogP contribution in [0.1, 0.15) is 43.0 Å². The molecule has 1 aliphatic rings. The number of aryl methyl sites for hydroxylation is 1. The first-order chi connectivity index (χ1) is 21.4. The lowest BCUT2D eigenvalue weighted by Crippen LogP contribution is -2.30. The zero-order valence-corrected chi connectivity index (χ0v) is 25.0. The van der Waals surface area contributed by atoms with E-state index in [4.69, 9.17) is 0 Å². The van der Waals surface area contributed by atoms with Crippen molar-refractivity contribution in [3.05, 3.63) is 160 Å². The fraction of sp³-hybridized carbons (Fsp3) is 0.0789. The number of thioether (sulfide) groups is 1. The maximum atomic E-state index is 13.4. The van der Waals surface area contributed by atoms with Crippen LogP contribution in [0.15, 0.2) is 132 Å². The van der Waals surface area contributed by atoms with Crippen molar-refractivity contribution in [1.82, 2.24) is 5.32 Å². The van der Waals surface area contributed by atoms with Crippen LogP contribution in [-0.4, -0.2) is 23.4 Å². The third-order valence-electron chi connectivity index (χ3n) is 7.49. The second-order valence-electron chi connectivity index (χ2n) is 10.7. The Hall–Kier alpha value is -5.20. The maximum Gasteiger partial charge on any atom is 0.272 e. The van der Waals surface area contributed by atoms with Crippen molar-refractivity contribution in [3.63, 3.8) is 0 Å². The molecular formula is C38H30N2O3S. The minimum Gasteiger partial charge on any atom is -0.321 e. The molecule has 0 bridgehead atoms. The summed E-state index contributed by atoms with van der Waals surface area (Å²) < 4.78 is 0. The van der Waals surface area contributed by atoms with E-state index in [1.54, 1.807) is 36.4 Å². The molecule has 0 heterocycles. The van der Waals surface area contributed by atoms with Gasteiger partial charge in [-0.2, -0.15) is 0 Å². The Labute approximate surface area is 261 Å². The fourth-order valence-electron chi connectivity index (χ4n) is 5.18. The monoisotopic (exact) mass is 594 g/mol. The summed E-state index contributed by atoms with van der Waals surface area (Å²) in [5.74, 6) is -0.505. The van der Waals surface area contributed by atoms with Crippen LogP contribution in [0, 0.1) is 6.92 Å². The van der Waals surface area contributed by atoms with E-state index < -0.39 is 5.91 Å². The van der Waals surface area contributed by atoms with Gasteiger partial charge < -0.3 is 10.6 Å². The first-order valence-electron chi connectivity index (χ1n) is 14.4. The van der Waals surface area contributed by atoms with E-state index in [0.29, 0.717) is 16.8 Å². The molecule has 5 aromatic carbocycles. The third kappa shape index (κ3) is 6.72. The van der Waals surface area contributed by atoms with Gasteiger partial charge in [-0.25, -0.2) is 0 Å². The molecule has 0 radical (unpaired) electrons. The first-order valence-corrected chi connectivity index (χ1v) is 15.3. The van der Waals surface area contributed by atoms with Crippen molar-refractivity contribution in [3.8, 4) is 11.1 Å². The first kappa shape index (κ1) is 28.9. The van der Waals surface area contributed by atoms with Gasteiger partial charge in [0.15, 0.2) is 5.78 Å². The summed E-state index contributed by atoms with van der Waals surface area (Å²) >= 11 is 1.42. The zero-order chi connectivity index (χ0) is 30.5. The highest BCUT2D eigenvalue weighted by atomic mass is 32.2. The molecule has 5 aromatic rings. The van der Waals surface area contributed by atoms with E-state index in [0.717, 1.165) is 22.4 Å². The van der Waals surface area contributed by atoms with Crippen molar-refractivity contribution < 1.29 is 14.4 Å². The Bertz CT molecular complexity index is 1900. The lowest BCUT2D eigenvalue weighted by molar-refractivity contribution is -0.113. The standard InChI is InChI=1S/C38H30N2O3S/c1-25-14-16-26(17-15-25)20-35(40-37(42)27-8-3-2-4-9-27)38(43)39-31-11-7-12-32(23-31)44-24-36(41)29-18-19-34-30(22-29)21-28-10-5-6-13-33(28)34/h2-20,22-23H,21,24H2,1H3,(H,39,43)(H,40,42)/b35-20-. The number of carbonyl (C=O) groups excluding carboxylic acids is 3. The molecule has 2 amide bonds. The number of amides is 2. The summed E-state index contributed by atoms with van der Waals surface area (Å²) in [6.07, 6.45) is 2.50. The van der Waals surface area contributed by atoms with Gasteiger partial charge in [0, 0.05) is 21.7 Å². The van der Waals surface area contributed by atoms with Gasteiger partial charge in [-0.05, 0) is 83.6 Å². The molecule has 0 saturated carbocycles. The lowest BCUT2D eigenvalue weighted by Gasteiger charge is -2.12. The lowest BCUT2D eigenvalue weighted by atomic mass is 10.0. The van der Waals surface area contributed by atoms with Gasteiger partial charge in [-0.3, -0.25) is 14.4 Å². The Balaban J connectivity index is 1.13. The summed E-state index contributed by atoms with van der Waals surface area (Å²) in [4.78, 5) is 40.3. The summed E-state index contributed by atoms with van der Waals surface area (Å²) in [7, 11) is 0. The van der Waals surface area contributed by atoms with Crippen molar-refractivity contribution in [2.75, 3.05) is 11.1 Å². The second-order valence-corrected chi connectivity index (χ2v) is 11.7. The molecule has 0 aliphatic heterocycles. The Morgan fingerprint density at radius 3 is 2.30 bits per heavy atom. The third-order valence-corrected chi connectivity index (χ3v) is 8.49. The highest BCUT2D eigenvalue weighted by molar-refractivity contribution is 8.00. The average molecular weight is 595 g/mol. The number of fused-ring (bicyclic) bond motifs is 3. The number of rotatable bonds is 9. The van der Waals surface area contributed by atoms with Crippen LogP contribution in [0.4, 0.5) is 5.69 Å². The summed E-state index contributed by atoms with van der Waals surface area (Å²) in [6.45, 7) is 1.99. The van der Waals surface area contributed by atoms with Gasteiger partial charge in [-0.1, -0.05) is 90.5 Å². The number of carbonyl (C=O) groups is 3. The van der Waals surface area contributed by atoms with E-state index in [2.05, 4.69) is 22.8 Å². The molecule has 2 N–H and O–H groups in total. The van der Waals surface area contributed by atoms with Crippen LogP contribution >= 0.6 is 11.8 Å². The van der Waals surface area contributed by atoms with Crippen molar-refractivity contribution in [2.45, 2.75) is 18.2 Å². The van der Waals surface area contributed by atoms with E-state index in [-0.39, 0.29) is 23.1 Å². The number of hydrogen-bond donors (Lipinski definition) is 2. The molecule has 6 rings (SSSR count). The predicted molar refractivity (Wildman–Crippen MR) is 178 cm³/mol. The van der Waals surface area contributed by atoms with Crippen LogP contribution in [0.25, 0.3) is 17.2 Å². The van der Waals surface area contributed by atoms with Gasteiger partial charge in [0.2, 0.25) is 0 Å². The maximum absolute atomic E-state index is 13.4. The van der Waals surface area contributed by atoms with Crippen LogP contribution in [0.5, 0.6) is 0 Å². The number of ketones is 1. The van der Waals surface area contributed by atoms with E-state index in [9.17, 15) is 14.4 Å². The van der Waals surface area contributed by atoms with Gasteiger partial charge in [0.05, 0.1) is 5.75 Å².